The van der Waals surface area contributed by atoms with Crippen molar-refractivity contribution in [3.63, 3.8) is 0 Å². The summed E-state index contributed by atoms with van der Waals surface area (Å²) in [6.07, 6.45) is 2.93. The lowest BCUT2D eigenvalue weighted by Gasteiger charge is -2.13. The van der Waals surface area contributed by atoms with Crippen LogP contribution in [0.15, 0.2) is 40.6 Å². The van der Waals surface area contributed by atoms with Crippen LogP contribution >= 0.6 is 11.3 Å². The number of anilines is 1. The van der Waals surface area contributed by atoms with Crippen LogP contribution in [0.2, 0.25) is 0 Å². The Bertz CT molecular complexity index is 820. The topological polar surface area (TPSA) is 66.5 Å². The minimum absolute atomic E-state index is 0.0775. The molecule has 7 heteroatoms. The van der Waals surface area contributed by atoms with Gasteiger partial charge in [-0.3, -0.25) is 9.52 Å². The third-order valence-corrected chi connectivity index (χ3v) is 7.01. The summed E-state index contributed by atoms with van der Waals surface area (Å²) in [4.78, 5) is 14.6. The summed E-state index contributed by atoms with van der Waals surface area (Å²) in [7, 11) is -3.67. The first-order valence-electron chi connectivity index (χ1n) is 8.00. The highest BCUT2D eigenvalue weighted by atomic mass is 32.2. The summed E-state index contributed by atoms with van der Waals surface area (Å²) in [6, 6.07) is 10.4. The van der Waals surface area contributed by atoms with Crippen molar-refractivity contribution in [2.45, 2.75) is 30.4 Å². The Morgan fingerprint density at radius 3 is 2.42 bits per heavy atom. The van der Waals surface area contributed by atoms with Crippen molar-refractivity contribution in [1.29, 1.82) is 0 Å². The second-order valence-electron chi connectivity index (χ2n) is 5.77. The van der Waals surface area contributed by atoms with Gasteiger partial charge in [-0.05, 0) is 49.1 Å². The number of rotatable bonds is 5. The van der Waals surface area contributed by atoms with Crippen LogP contribution in [0.4, 0.5) is 5.69 Å². The van der Waals surface area contributed by atoms with E-state index in [1.54, 1.807) is 23.1 Å². The van der Waals surface area contributed by atoms with Gasteiger partial charge < -0.3 is 4.90 Å². The van der Waals surface area contributed by atoms with Crippen LogP contribution in [0, 0.1) is 0 Å². The number of amides is 1. The maximum absolute atomic E-state index is 12.5. The van der Waals surface area contributed by atoms with E-state index >= 15 is 0 Å². The maximum atomic E-state index is 12.5. The zero-order valence-corrected chi connectivity index (χ0v) is 15.1. The monoisotopic (exact) mass is 364 g/mol. The van der Waals surface area contributed by atoms with Gasteiger partial charge in [0.05, 0.1) is 4.88 Å². The fourth-order valence-corrected chi connectivity index (χ4v) is 5.00. The van der Waals surface area contributed by atoms with Crippen molar-refractivity contribution < 1.29 is 13.2 Å². The number of carbonyl (C=O) groups is 1. The molecule has 2 aromatic rings. The zero-order valence-electron chi connectivity index (χ0n) is 13.5. The molecule has 3 rings (SSSR count). The molecule has 0 aliphatic carbocycles. The fourth-order valence-electron chi connectivity index (χ4n) is 2.67. The first-order chi connectivity index (χ1) is 11.5. The highest BCUT2D eigenvalue weighted by Crippen LogP contribution is 2.26. The molecular formula is C17H20N2O3S2. The van der Waals surface area contributed by atoms with Gasteiger partial charge in [0, 0.05) is 18.8 Å². The molecule has 1 aliphatic heterocycles. The predicted molar refractivity (Wildman–Crippen MR) is 96.1 cm³/mol. The lowest BCUT2D eigenvalue weighted by Crippen LogP contribution is -2.26. The molecule has 1 N–H and O–H groups in total. The van der Waals surface area contributed by atoms with Crippen molar-refractivity contribution in [3.05, 3.63) is 46.8 Å². The second kappa shape index (κ2) is 6.94. The van der Waals surface area contributed by atoms with Crippen LogP contribution in [-0.4, -0.2) is 32.3 Å². The first kappa shape index (κ1) is 17.0. The van der Waals surface area contributed by atoms with Gasteiger partial charge in [-0.2, -0.15) is 0 Å². The summed E-state index contributed by atoms with van der Waals surface area (Å²) in [5.74, 6) is -0.0775. The van der Waals surface area contributed by atoms with E-state index in [2.05, 4.69) is 4.72 Å². The molecule has 1 saturated heterocycles. The van der Waals surface area contributed by atoms with E-state index in [-0.39, 0.29) is 10.1 Å². The van der Waals surface area contributed by atoms with Gasteiger partial charge in [0.1, 0.15) is 4.21 Å². The average Bonchev–Trinajstić information content (AvgIpc) is 3.26. The molecule has 0 bridgehead atoms. The molecule has 0 spiro atoms. The quantitative estimate of drug-likeness (QED) is 0.885. The zero-order chi connectivity index (χ0) is 17.2. The molecule has 24 heavy (non-hydrogen) atoms. The van der Waals surface area contributed by atoms with Crippen LogP contribution in [0.1, 0.15) is 35.0 Å². The Morgan fingerprint density at radius 1 is 1.12 bits per heavy atom. The molecule has 2 heterocycles. The Balaban J connectivity index is 1.75. The number of thiophene rings is 1. The molecular weight excluding hydrogens is 344 g/mol. The molecule has 0 saturated carbocycles. The van der Waals surface area contributed by atoms with Gasteiger partial charge in [-0.1, -0.05) is 19.1 Å². The molecule has 5 nitrogen and oxygen atoms in total. The number of likely N-dealkylation sites (tertiary alicyclic amines) is 1. The number of aryl methyl sites for hydroxylation is 1. The number of carbonyl (C=O) groups excluding carboxylic acids is 1. The maximum Gasteiger partial charge on any atom is 0.271 e. The molecule has 1 aromatic heterocycles. The lowest BCUT2D eigenvalue weighted by molar-refractivity contribution is 0.0797. The fraction of sp³-hybridized carbons (Fsp3) is 0.353. The van der Waals surface area contributed by atoms with E-state index in [0.717, 1.165) is 49.3 Å². The molecule has 128 valence electrons. The first-order valence-corrected chi connectivity index (χ1v) is 10.3. The van der Waals surface area contributed by atoms with Crippen LogP contribution in [0.3, 0.4) is 0 Å². The number of sulfonamides is 1. The van der Waals surface area contributed by atoms with Gasteiger partial charge in [0.2, 0.25) is 0 Å². The molecule has 0 atom stereocenters. The van der Waals surface area contributed by atoms with Gasteiger partial charge in [-0.25, -0.2) is 8.42 Å². The Hall–Kier alpha value is -1.86. The SMILES string of the molecule is CCc1ccc(NS(=O)(=O)c2ccc(C(=O)N3CCCC3)s2)cc1. The second-order valence-corrected chi connectivity index (χ2v) is 8.77. The normalized spacial score (nSPS) is 14.8. The van der Waals surface area contributed by atoms with Gasteiger partial charge >= 0.3 is 0 Å². The van der Waals surface area contributed by atoms with E-state index in [1.165, 1.54) is 6.07 Å². The van der Waals surface area contributed by atoms with Gasteiger partial charge in [0.25, 0.3) is 15.9 Å². The van der Waals surface area contributed by atoms with Gasteiger partial charge in [0.15, 0.2) is 0 Å². The summed E-state index contributed by atoms with van der Waals surface area (Å²) in [5, 5.41) is 0. The van der Waals surface area contributed by atoms with Crippen molar-refractivity contribution in [1.82, 2.24) is 4.90 Å². The van der Waals surface area contributed by atoms with Crippen molar-refractivity contribution >= 4 is 33.0 Å². The molecule has 0 unspecified atom stereocenters. The molecule has 1 fully saturated rings. The third-order valence-electron chi connectivity index (χ3n) is 4.06. The average molecular weight is 364 g/mol. The number of hydrogen-bond donors (Lipinski definition) is 1. The number of nitrogens with one attached hydrogen (secondary N) is 1. The molecule has 0 radical (unpaired) electrons. The van der Waals surface area contributed by atoms with Crippen LogP contribution < -0.4 is 4.72 Å². The minimum Gasteiger partial charge on any atom is -0.338 e. The smallest absolute Gasteiger partial charge is 0.271 e. The number of benzene rings is 1. The van der Waals surface area contributed by atoms with Crippen molar-refractivity contribution in [2.75, 3.05) is 17.8 Å². The van der Waals surface area contributed by atoms with E-state index in [0.29, 0.717) is 10.6 Å². The Kier molecular flexibility index (Phi) is 4.91. The third kappa shape index (κ3) is 3.62. The summed E-state index contributed by atoms with van der Waals surface area (Å²) in [5.41, 5.74) is 1.67. The number of hydrogen-bond acceptors (Lipinski definition) is 4. The standard InChI is InChI=1S/C17H20N2O3S2/c1-2-13-5-7-14(8-6-13)18-24(21,22)16-10-9-15(23-16)17(20)19-11-3-4-12-19/h5-10,18H,2-4,11-12H2,1H3. The van der Waals surface area contributed by atoms with E-state index < -0.39 is 10.0 Å². The summed E-state index contributed by atoms with van der Waals surface area (Å²) < 4.78 is 27.7. The van der Waals surface area contributed by atoms with Crippen LogP contribution in [-0.2, 0) is 16.4 Å². The molecule has 1 amide bonds. The summed E-state index contributed by atoms with van der Waals surface area (Å²) >= 11 is 1.02. The van der Waals surface area contributed by atoms with Gasteiger partial charge in [-0.15, -0.1) is 11.3 Å². The minimum atomic E-state index is -3.67. The van der Waals surface area contributed by atoms with E-state index in [9.17, 15) is 13.2 Å². The predicted octanol–water partition coefficient (Wildman–Crippen LogP) is 3.35. The Morgan fingerprint density at radius 2 is 1.79 bits per heavy atom. The van der Waals surface area contributed by atoms with E-state index in [1.807, 2.05) is 19.1 Å². The van der Waals surface area contributed by atoms with Crippen molar-refractivity contribution in [3.8, 4) is 0 Å². The van der Waals surface area contributed by atoms with Crippen LogP contribution in [0.5, 0.6) is 0 Å². The molecule has 1 aromatic carbocycles. The van der Waals surface area contributed by atoms with E-state index in [4.69, 9.17) is 0 Å². The Labute approximate surface area is 146 Å². The van der Waals surface area contributed by atoms with Crippen LogP contribution in [0.25, 0.3) is 0 Å². The highest BCUT2D eigenvalue weighted by molar-refractivity contribution is 7.94. The largest absolute Gasteiger partial charge is 0.338 e. The summed E-state index contributed by atoms with van der Waals surface area (Å²) in [6.45, 7) is 3.55. The molecule has 1 aliphatic rings. The lowest BCUT2D eigenvalue weighted by atomic mass is 10.2. The van der Waals surface area contributed by atoms with Crippen molar-refractivity contribution in [2.24, 2.45) is 0 Å². The highest BCUT2D eigenvalue weighted by Gasteiger charge is 2.24. The number of nitrogens with zero attached hydrogens (tertiary/aromatic N) is 1.